The topological polar surface area (TPSA) is 93.7 Å². The van der Waals surface area contributed by atoms with Crippen LogP contribution < -0.4 is 11.5 Å². The first kappa shape index (κ1) is 6.60. The third-order valence-corrected chi connectivity index (χ3v) is 1.23. The van der Waals surface area contributed by atoms with Gasteiger partial charge in [0.15, 0.2) is 0 Å². The molecule has 0 atom stereocenters. The molecular weight excluding hydrogens is 130 g/mol. The minimum absolute atomic E-state index is 0.161. The van der Waals surface area contributed by atoms with E-state index in [0.29, 0.717) is 5.82 Å². The molecule has 0 aliphatic rings. The van der Waals surface area contributed by atoms with E-state index in [1.807, 2.05) is 6.92 Å². The van der Waals surface area contributed by atoms with Gasteiger partial charge in [-0.1, -0.05) is 0 Å². The highest BCUT2D eigenvalue weighted by Crippen LogP contribution is 2.06. The van der Waals surface area contributed by atoms with Gasteiger partial charge in [-0.3, -0.25) is 5.41 Å². The number of nitrogens with zero attached hydrogens (tertiary/aromatic N) is 2. The van der Waals surface area contributed by atoms with Gasteiger partial charge in [-0.2, -0.15) is 9.78 Å². The van der Waals surface area contributed by atoms with Crippen molar-refractivity contribution < 1.29 is 0 Å². The average Bonchev–Trinajstić information content (AvgIpc) is 2.14. The monoisotopic (exact) mass is 139 g/mol. The van der Waals surface area contributed by atoms with E-state index in [-0.39, 0.29) is 5.96 Å². The summed E-state index contributed by atoms with van der Waals surface area (Å²) in [7, 11) is 0. The number of nitrogens with two attached hydrogens (primary N) is 2. The van der Waals surface area contributed by atoms with Crippen LogP contribution in [0.25, 0.3) is 0 Å². The Hall–Kier alpha value is -1.52. The second-order valence-electron chi connectivity index (χ2n) is 2.01. The minimum atomic E-state index is -0.161. The lowest BCUT2D eigenvalue weighted by Gasteiger charge is -1.98. The largest absolute Gasteiger partial charge is 0.383 e. The Morgan fingerprint density at radius 2 is 2.40 bits per heavy atom. The summed E-state index contributed by atoms with van der Waals surface area (Å²) in [4.78, 5) is 0. The molecule has 1 aromatic heterocycles. The van der Waals surface area contributed by atoms with Crippen LogP contribution in [0.2, 0.25) is 0 Å². The van der Waals surface area contributed by atoms with E-state index in [1.54, 1.807) is 6.20 Å². The van der Waals surface area contributed by atoms with Crippen LogP contribution in [0.4, 0.5) is 5.82 Å². The van der Waals surface area contributed by atoms with E-state index in [1.165, 1.54) is 4.68 Å². The summed E-state index contributed by atoms with van der Waals surface area (Å²) in [6.07, 6.45) is 1.57. The lowest BCUT2D eigenvalue weighted by molar-refractivity contribution is 0.921. The molecule has 0 aliphatic heterocycles. The molecule has 0 bridgehead atoms. The van der Waals surface area contributed by atoms with E-state index >= 15 is 0 Å². The highest BCUT2D eigenvalue weighted by Gasteiger charge is 2.03. The van der Waals surface area contributed by atoms with Crippen molar-refractivity contribution in [1.29, 1.82) is 5.41 Å². The fourth-order valence-corrected chi connectivity index (χ4v) is 0.632. The Morgan fingerprint density at radius 3 is 2.60 bits per heavy atom. The summed E-state index contributed by atoms with van der Waals surface area (Å²) >= 11 is 0. The number of aromatic nitrogens is 2. The van der Waals surface area contributed by atoms with Crippen molar-refractivity contribution in [2.75, 3.05) is 5.73 Å². The molecule has 0 aliphatic carbocycles. The molecule has 5 heteroatoms. The number of aryl methyl sites for hydroxylation is 1. The van der Waals surface area contributed by atoms with E-state index < -0.39 is 0 Å². The van der Waals surface area contributed by atoms with Gasteiger partial charge < -0.3 is 11.5 Å². The molecule has 0 amide bonds. The standard InChI is InChI=1S/C5H9N5/c1-3-2-9-10(4(3)6)5(7)8/h2H,6H2,1H3,(H3,7,8). The third kappa shape index (κ3) is 0.812. The zero-order valence-corrected chi connectivity index (χ0v) is 5.63. The molecule has 1 aromatic rings. The molecule has 1 rings (SSSR count). The van der Waals surface area contributed by atoms with Crippen molar-refractivity contribution in [2.24, 2.45) is 5.73 Å². The van der Waals surface area contributed by atoms with Crippen molar-refractivity contribution >= 4 is 11.8 Å². The maximum Gasteiger partial charge on any atom is 0.215 e. The summed E-state index contributed by atoms with van der Waals surface area (Å²) in [5, 5.41) is 10.7. The normalized spacial score (nSPS) is 9.70. The summed E-state index contributed by atoms with van der Waals surface area (Å²) < 4.78 is 1.18. The summed E-state index contributed by atoms with van der Waals surface area (Å²) in [6, 6.07) is 0. The van der Waals surface area contributed by atoms with Gasteiger partial charge in [0.25, 0.3) is 0 Å². The van der Waals surface area contributed by atoms with E-state index in [4.69, 9.17) is 16.9 Å². The minimum Gasteiger partial charge on any atom is -0.383 e. The Balaban J connectivity index is 3.17. The summed E-state index contributed by atoms with van der Waals surface area (Å²) in [5.74, 6) is 0.262. The smallest absolute Gasteiger partial charge is 0.215 e. The first-order valence-corrected chi connectivity index (χ1v) is 2.77. The molecule has 5 N–H and O–H groups in total. The highest BCUT2D eigenvalue weighted by atomic mass is 15.4. The highest BCUT2D eigenvalue weighted by molar-refractivity contribution is 5.79. The number of anilines is 1. The molecule has 10 heavy (non-hydrogen) atoms. The number of hydrogen-bond acceptors (Lipinski definition) is 3. The van der Waals surface area contributed by atoms with Crippen molar-refractivity contribution in [3.63, 3.8) is 0 Å². The zero-order chi connectivity index (χ0) is 7.72. The van der Waals surface area contributed by atoms with Crippen LogP contribution in [0, 0.1) is 12.3 Å². The van der Waals surface area contributed by atoms with E-state index in [2.05, 4.69) is 5.10 Å². The van der Waals surface area contributed by atoms with Gasteiger partial charge in [0.1, 0.15) is 5.82 Å². The van der Waals surface area contributed by atoms with Gasteiger partial charge in [0, 0.05) is 5.56 Å². The molecule has 0 radical (unpaired) electrons. The second-order valence-corrected chi connectivity index (χ2v) is 2.01. The Kier molecular flexibility index (Phi) is 1.33. The molecule has 0 fully saturated rings. The lowest BCUT2D eigenvalue weighted by Crippen LogP contribution is -2.23. The second kappa shape index (κ2) is 2.02. The first-order chi connectivity index (χ1) is 4.63. The molecule has 0 aromatic carbocycles. The first-order valence-electron chi connectivity index (χ1n) is 2.77. The van der Waals surface area contributed by atoms with Crippen LogP contribution >= 0.6 is 0 Å². The molecule has 0 saturated heterocycles. The summed E-state index contributed by atoms with van der Waals surface area (Å²) in [6.45, 7) is 1.81. The molecule has 5 nitrogen and oxygen atoms in total. The Bertz CT molecular complexity index is 261. The van der Waals surface area contributed by atoms with Crippen LogP contribution in [0.3, 0.4) is 0 Å². The fraction of sp³-hybridized carbons (Fsp3) is 0.200. The van der Waals surface area contributed by atoms with Crippen molar-refractivity contribution in [3.8, 4) is 0 Å². The third-order valence-electron chi connectivity index (χ3n) is 1.23. The molecule has 0 spiro atoms. The lowest BCUT2D eigenvalue weighted by atomic mass is 10.4. The SMILES string of the molecule is Cc1cnn(C(=N)N)c1N. The van der Waals surface area contributed by atoms with Gasteiger partial charge in [-0.15, -0.1) is 0 Å². The van der Waals surface area contributed by atoms with Crippen LogP contribution in [-0.4, -0.2) is 15.7 Å². The maximum atomic E-state index is 6.99. The van der Waals surface area contributed by atoms with Crippen LogP contribution in [-0.2, 0) is 0 Å². The van der Waals surface area contributed by atoms with Gasteiger partial charge in [-0.05, 0) is 6.92 Å². The maximum absolute atomic E-state index is 6.99. The van der Waals surface area contributed by atoms with Crippen molar-refractivity contribution in [2.45, 2.75) is 6.92 Å². The summed E-state index contributed by atoms with van der Waals surface area (Å²) in [5.41, 5.74) is 11.4. The Morgan fingerprint density at radius 1 is 1.80 bits per heavy atom. The quantitative estimate of drug-likeness (QED) is 0.334. The van der Waals surface area contributed by atoms with Gasteiger partial charge in [0.05, 0.1) is 6.20 Å². The number of hydrogen-bond donors (Lipinski definition) is 3. The number of rotatable bonds is 0. The van der Waals surface area contributed by atoms with Crippen LogP contribution in [0.5, 0.6) is 0 Å². The molecule has 1 heterocycles. The average molecular weight is 139 g/mol. The van der Waals surface area contributed by atoms with E-state index in [0.717, 1.165) is 5.56 Å². The van der Waals surface area contributed by atoms with Gasteiger partial charge in [0.2, 0.25) is 5.96 Å². The van der Waals surface area contributed by atoms with Crippen molar-refractivity contribution in [3.05, 3.63) is 11.8 Å². The number of nitrogens with one attached hydrogen (secondary N) is 1. The number of nitrogen functional groups attached to an aromatic ring is 2. The predicted molar refractivity (Wildman–Crippen MR) is 38.7 cm³/mol. The van der Waals surface area contributed by atoms with Gasteiger partial charge in [-0.25, -0.2) is 0 Å². The van der Waals surface area contributed by atoms with E-state index in [9.17, 15) is 0 Å². The zero-order valence-electron chi connectivity index (χ0n) is 5.63. The fourth-order valence-electron chi connectivity index (χ4n) is 0.632. The predicted octanol–water partition coefficient (Wildman–Crippen LogP) is -0.485. The van der Waals surface area contributed by atoms with Crippen LogP contribution in [0.1, 0.15) is 5.56 Å². The van der Waals surface area contributed by atoms with Crippen LogP contribution in [0.15, 0.2) is 6.20 Å². The van der Waals surface area contributed by atoms with Gasteiger partial charge >= 0.3 is 0 Å². The molecule has 0 unspecified atom stereocenters. The molecular formula is C5H9N5. The molecule has 0 saturated carbocycles. The Labute approximate surface area is 58.1 Å². The molecule has 54 valence electrons. The van der Waals surface area contributed by atoms with Crippen molar-refractivity contribution in [1.82, 2.24) is 9.78 Å².